The molecule has 1 atom stereocenters. The SMILES string of the molecule is CN(C)C1CCCN(c2nc[nH]c(=O)c2Br)C1. The Hall–Kier alpha value is -0.880. The molecule has 2 rings (SSSR count). The van der Waals surface area contributed by atoms with Gasteiger partial charge in [-0.25, -0.2) is 4.98 Å². The minimum absolute atomic E-state index is 0.123. The molecule has 5 nitrogen and oxygen atoms in total. The van der Waals surface area contributed by atoms with Crippen molar-refractivity contribution in [3.05, 3.63) is 21.2 Å². The van der Waals surface area contributed by atoms with E-state index in [2.05, 4.69) is 49.8 Å². The van der Waals surface area contributed by atoms with Gasteiger partial charge in [-0.3, -0.25) is 4.79 Å². The summed E-state index contributed by atoms with van der Waals surface area (Å²) in [7, 11) is 4.18. The second-order valence-electron chi connectivity index (χ2n) is 4.57. The van der Waals surface area contributed by atoms with Crippen molar-refractivity contribution in [1.82, 2.24) is 14.9 Å². The van der Waals surface area contributed by atoms with Crippen LogP contribution in [0.15, 0.2) is 15.6 Å². The fourth-order valence-electron chi connectivity index (χ4n) is 2.16. The minimum atomic E-state index is -0.123. The van der Waals surface area contributed by atoms with Crippen LogP contribution in [-0.2, 0) is 0 Å². The number of nitrogens with one attached hydrogen (secondary N) is 1. The van der Waals surface area contributed by atoms with Gasteiger partial charge in [0.15, 0.2) is 0 Å². The van der Waals surface area contributed by atoms with Crippen molar-refractivity contribution in [3.63, 3.8) is 0 Å². The number of piperidine rings is 1. The smallest absolute Gasteiger partial charge is 0.267 e. The molecule has 1 fully saturated rings. The maximum absolute atomic E-state index is 11.5. The van der Waals surface area contributed by atoms with Gasteiger partial charge in [0.05, 0.1) is 6.33 Å². The summed E-state index contributed by atoms with van der Waals surface area (Å²) in [5, 5.41) is 0. The Balaban J connectivity index is 2.22. The van der Waals surface area contributed by atoms with E-state index in [0.29, 0.717) is 10.5 Å². The zero-order valence-corrected chi connectivity index (χ0v) is 11.7. The minimum Gasteiger partial charge on any atom is -0.354 e. The lowest BCUT2D eigenvalue weighted by Crippen LogP contribution is -2.45. The first-order valence-electron chi connectivity index (χ1n) is 5.74. The van der Waals surface area contributed by atoms with E-state index >= 15 is 0 Å². The number of rotatable bonds is 2. The van der Waals surface area contributed by atoms with Crippen molar-refractivity contribution < 1.29 is 0 Å². The van der Waals surface area contributed by atoms with Crippen LogP contribution < -0.4 is 10.5 Å². The molecule has 1 aliphatic rings. The summed E-state index contributed by atoms with van der Waals surface area (Å²) in [6.45, 7) is 1.88. The second kappa shape index (κ2) is 5.18. The molecule has 0 aliphatic carbocycles. The molecule has 0 saturated carbocycles. The largest absolute Gasteiger partial charge is 0.354 e. The van der Waals surface area contributed by atoms with E-state index in [4.69, 9.17) is 0 Å². The van der Waals surface area contributed by atoms with E-state index in [-0.39, 0.29) is 5.56 Å². The molecular weight excluding hydrogens is 284 g/mol. The number of likely N-dealkylation sites (N-methyl/N-ethyl adjacent to an activating group) is 1. The Morgan fingerprint density at radius 2 is 2.35 bits per heavy atom. The third kappa shape index (κ3) is 2.69. The van der Waals surface area contributed by atoms with Gasteiger partial charge in [-0.15, -0.1) is 0 Å². The molecule has 1 unspecified atom stereocenters. The molecule has 0 amide bonds. The Morgan fingerprint density at radius 3 is 3.06 bits per heavy atom. The molecule has 1 saturated heterocycles. The molecule has 1 aromatic rings. The quantitative estimate of drug-likeness (QED) is 0.887. The average Bonchev–Trinajstić information content (AvgIpc) is 2.33. The summed E-state index contributed by atoms with van der Waals surface area (Å²) in [5.41, 5.74) is -0.123. The van der Waals surface area contributed by atoms with Crippen LogP contribution in [0.3, 0.4) is 0 Å². The van der Waals surface area contributed by atoms with E-state index in [1.807, 2.05) is 0 Å². The first-order chi connectivity index (χ1) is 8.09. The molecule has 1 aromatic heterocycles. The maximum Gasteiger partial charge on any atom is 0.267 e. The monoisotopic (exact) mass is 300 g/mol. The second-order valence-corrected chi connectivity index (χ2v) is 5.37. The van der Waals surface area contributed by atoms with Crippen molar-refractivity contribution in [3.8, 4) is 0 Å². The van der Waals surface area contributed by atoms with Gasteiger partial charge in [-0.05, 0) is 42.9 Å². The standard InChI is InChI=1S/C11H17BrN4O/c1-15(2)8-4-3-5-16(6-8)10-9(12)11(17)14-7-13-10/h7-8H,3-6H2,1-2H3,(H,13,14,17). The number of hydrogen-bond acceptors (Lipinski definition) is 4. The molecule has 0 bridgehead atoms. The van der Waals surface area contributed by atoms with Gasteiger partial charge >= 0.3 is 0 Å². The fraction of sp³-hybridized carbons (Fsp3) is 0.636. The average molecular weight is 301 g/mol. The molecule has 0 aromatic carbocycles. The highest BCUT2D eigenvalue weighted by Gasteiger charge is 2.24. The molecule has 2 heterocycles. The van der Waals surface area contributed by atoms with E-state index in [1.165, 1.54) is 12.7 Å². The summed E-state index contributed by atoms with van der Waals surface area (Å²) >= 11 is 3.31. The topological polar surface area (TPSA) is 52.2 Å². The molecule has 94 valence electrons. The van der Waals surface area contributed by atoms with Gasteiger partial charge in [0.1, 0.15) is 10.3 Å². The summed E-state index contributed by atoms with van der Waals surface area (Å²) in [6.07, 6.45) is 3.79. The van der Waals surface area contributed by atoms with Crippen LogP contribution in [0, 0.1) is 0 Å². The van der Waals surface area contributed by atoms with Crippen molar-refractivity contribution in [2.45, 2.75) is 18.9 Å². The number of anilines is 1. The Kier molecular flexibility index (Phi) is 3.83. The number of H-pyrrole nitrogens is 1. The van der Waals surface area contributed by atoms with Crippen LogP contribution in [0.2, 0.25) is 0 Å². The van der Waals surface area contributed by atoms with Gasteiger partial charge in [-0.1, -0.05) is 0 Å². The third-order valence-corrected chi connectivity index (χ3v) is 3.92. The van der Waals surface area contributed by atoms with Gasteiger partial charge in [-0.2, -0.15) is 0 Å². The number of hydrogen-bond donors (Lipinski definition) is 1. The maximum atomic E-state index is 11.5. The zero-order chi connectivity index (χ0) is 12.4. The number of aromatic nitrogens is 2. The number of aromatic amines is 1. The van der Waals surface area contributed by atoms with Crippen molar-refractivity contribution in [2.75, 3.05) is 32.1 Å². The molecule has 1 aliphatic heterocycles. The highest BCUT2D eigenvalue weighted by Crippen LogP contribution is 2.23. The van der Waals surface area contributed by atoms with Crippen molar-refractivity contribution in [1.29, 1.82) is 0 Å². The van der Waals surface area contributed by atoms with E-state index in [9.17, 15) is 4.79 Å². The fourth-order valence-corrected chi connectivity index (χ4v) is 2.63. The van der Waals surface area contributed by atoms with Crippen LogP contribution in [-0.4, -0.2) is 48.1 Å². The highest BCUT2D eigenvalue weighted by atomic mass is 79.9. The highest BCUT2D eigenvalue weighted by molar-refractivity contribution is 9.10. The third-order valence-electron chi connectivity index (χ3n) is 3.20. The van der Waals surface area contributed by atoms with Crippen molar-refractivity contribution in [2.24, 2.45) is 0 Å². The summed E-state index contributed by atoms with van der Waals surface area (Å²) in [4.78, 5) is 22.7. The lowest BCUT2D eigenvalue weighted by Gasteiger charge is -2.36. The molecule has 6 heteroatoms. The Morgan fingerprint density at radius 1 is 1.59 bits per heavy atom. The predicted octanol–water partition coefficient (Wildman–Crippen LogP) is 1.06. The van der Waals surface area contributed by atoms with Crippen molar-refractivity contribution >= 4 is 21.7 Å². The van der Waals surface area contributed by atoms with Crippen LogP contribution in [0.25, 0.3) is 0 Å². The molecule has 17 heavy (non-hydrogen) atoms. The Labute approximate surface area is 109 Å². The first kappa shape index (κ1) is 12.6. The van der Waals surface area contributed by atoms with E-state index < -0.39 is 0 Å². The van der Waals surface area contributed by atoms with Crippen LogP contribution >= 0.6 is 15.9 Å². The zero-order valence-electron chi connectivity index (χ0n) is 10.1. The van der Waals surface area contributed by atoms with E-state index in [1.54, 1.807) is 0 Å². The Bertz CT molecular complexity index is 445. The van der Waals surface area contributed by atoms with Crippen LogP contribution in [0.4, 0.5) is 5.82 Å². The van der Waals surface area contributed by atoms with Gasteiger partial charge < -0.3 is 14.8 Å². The predicted molar refractivity (Wildman–Crippen MR) is 71.5 cm³/mol. The van der Waals surface area contributed by atoms with Gasteiger partial charge in [0.2, 0.25) is 0 Å². The number of nitrogens with zero attached hydrogens (tertiary/aromatic N) is 3. The summed E-state index contributed by atoms with van der Waals surface area (Å²) in [6, 6.07) is 0.525. The lowest BCUT2D eigenvalue weighted by atomic mass is 10.1. The lowest BCUT2D eigenvalue weighted by molar-refractivity contribution is 0.257. The van der Waals surface area contributed by atoms with Gasteiger partial charge in [0, 0.05) is 19.1 Å². The van der Waals surface area contributed by atoms with Crippen LogP contribution in [0.5, 0.6) is 0 Å². The molecule has 0 radical (unpaired) electrons. The van der Waals surface area contributed by atoms with E-state index in [0.717, 1.165) is 25.3 Å². The molecule has 0 spiro atoms. The molecule has 1 N–H and O–H groups in total. The molecular formula is C11H17BrN4O. The number of halogens is 1. The van der Waals surface area contributed by atoms with Crippen LogP contribution in [0.1, 0.15) is 12.8 Å². The first-order valence-corrected chi connectivity index (χ1v) is 6.53. The summed E-state index contributed by atoms with van der Waals surface area (Å²) in [5.74, 6) is 0.750. The normalized spacial score (nSPS) is 20.9. The van der Waals surface area contributed by atoms with Gasteiger partial charge in [0.25, 0.3) is 5.56 Å². The summed E-state index contributed by atoms with van der Waals surface area (Å²) < 4.78 is 0.527.